The molecule has 0 bridgehead atoms. The zero-order chi connectivity index (χ0) is 25.2. The van der Waals surface area contributed by atoms with E-state index >= 15 is 0 Å². The van der Waals surface area contributed by atoms with Crippen LogP contribution in [-0.2, 0) is 4.74 Å². The largest absolute Gasteiger partial charge is 0.481 e. The van der Waals surface area contributed by atoms with Crippen molar-refractivity contribution in [2.24, 2.45) is 0 Å². The van der Waals surface area contributed by atoms with Gasteiger partial charge in [0.25, 0.3) is 0 Å². The van der Waals surface area contributed by atoms with Crippen molar-refractivity contribution in [3.05, 3.63) is 48.4 Å². The van der Waals surface area contributed by atoms with Crippen molar-refractivity contribution in [1.82, 2.24) is 15.3 Å². The van der Waals surface area contributed by atoms with Gasteiger partial charge >= 0.3 is 12.7 Å². The summed E-state index contributed by atoms with van der Waals surface area (Å²) in [7, 11) is 1.50. The van der Waals surface area contributed by atoms with E-state index in [9.17, 15) is 18.0 Å². The topological polar surface area (TPSA) is 89.1 Å². The number of anilines is 2. The number of nitrogens with one attached hydrogen (secondary N) is 1. The zero-order valence-electron chi connectivity index (χ0n) is 19.4. The number of alkyl halides is 2. The number of carbonyl (C=O) groups excluding carboxylic acids is 1. The van der Waals surface area contributed by atoms with Crippen LogP contribution in [0.1, 0.15) is 6.42 Å². The van der Waals surface area contributed by atoms with E-state index in [2.05, 4.69) is 20.0 Å². The van der Waals surface area contributed by atoms with Gasteiger partial charge in [0.1, 0.15) is 23.1 Å². The summed E-state index contributed by atoms with van der Waals surface area (Å²) in [5, 5.41) is 3.40. The number of halogens is 3. The maximum atomic E-state index is 14.8. The minimum absolute atomic E-state index is 0.0115. The highest BCUT2D eigenvalue weighted by Crippen LogP contribution is 2.31. The first-order valence-electron chi connectivity index (χ1n) is 11.4. The molecule has 0 unspecified atom stereocenters. The van der Waals surface area contributed by atoms with Gasteiger partial charge in [-0.15, -0.1) is 0 Å². The predicted octanol–water partition coefficient (Wildman–Crippen LogP) is 3.57. The summed E-state index contributed by atoms with van der Waals surface area (Å²) in [5.74, 6) is -0.0552. The lowest BCUT2D eigenvalue weighted by Gasteiger charge is -2.21. The van der Waals surface area contributed by atoms with E-state index in [0.717, 1.165) is 6.42 Å². The van der Waals surface area contributed by atoms with Gasteiger partial charge in [0.05, 0.1) is 25.4 Å². The van der Waals surface area contributed by atoms with Crippen LogP contribution in [0.5, 0.6) is 11.6 Å². The number of rotatable bonds is 8. The van der Waals surface area contributed by atoms with Gasteiger partial charge in [0, 0.05) is 37.4 Å². The minimum Gasteiger partial charge on any atom is -0.481 e. The molecule has 5 rings (SSSR count). The average Bonchev–Trinajstić information content (AvgIpc) is 3.48. The normalized spacial score (nSPS) is 19.9. The van der Waals surface area contributed by atoms with E-state index in [1.54, 1.807) is 12.1 Å². The van der Waals surface area contributed by atoms with Gasteiger partial charge in [0.15, 0.2) is 5.82 Å². The summed E-state index contributed by atoms with van der Waals surface area (Å²) in [5.41, 5.74) is 1.94. The van der Waals surface area contributed by atoms with Gasteiger partial charge in [-0.05, 0) is 36.8 Å². The number of amides is 1. The Balaban J connectivity index is 1.19. The molecule has 2 aliphatic heterocycles. The molecule has 190 valence electrons. The smallest absolute Gasteiger partial charge is 0.414 e. The van der Waals surface area contributed by atoms with E-state index < -0.39 is 24.6 Å². The maximum absolute atomic E-state index is 14.8. The Morgan fingerprint density at radius 2 is 2.00 bits per heavy atom. The Morgan fingerprint density at radius 3 is 2.75 bits per heavy atom. The predicted molar refractivity (Wildman–Crippen MR) is 125 cm³/mol. The number of hydrogen-bond donors (Lipinski definition) is 1. The Bertz CT molecular complexity index is 1250. The molecule has 2 saturated heterocycles. The lowest BCUT2D eigenvalue weighted by Crippen LogP contribution is -2.39. The first-order chi connectivity index (χ1) is 17.4. The third-order valence-corrected chi connectivity index (χ3v) is 6.21. The lowest BCUT2D eigenvalue weighted by molar-refractivity contribution is -0.0498. The second kappa shape index (κ2) is 10.1. The highest BCUT2D eigenvalue weighted by Gasteiger charge is 2.34. The third kappa shape index (κ3) is 4.94. The quantitative estimate of drug-likeness (QED) is 0.499. The number of fused-ring (bicyclic) bond motifs is 1. The number of nitrogens with zero attached hydrogens (tertiary/aromatic N) is 4. The molecule has 2 aliphatic rings. The Kier molecular flexibility index (Phi) is 6.68. The number of methoxy groups -OCH3 is 1. The van der Waals surface area contributed by atoms with Gasteiger partial charge in [-0.2, -0.15) is 8.78 Å². The van der Waals surface area contributed by atoms with Crippen molar-refractivity contribution in [3.8, 4) is 11.6 Å². The lowest BCUT2D eigenvalue weighted by atomic mass is 10.2. The molecule has 2 fully saturated rings. The van der Waals surface area contributed by atoms with Crippen molar-refractivity contribution in [3.63, 3.8) is 0 Å². The standard InChI is InChI=1S/C24H24F3N5O4/c1-34-20-7-6-19-21(30-20)22(18(25)11-29-19)31-9-8-14(12-31)28-10-17-13-32(24(33)36-17)15-2-4-16(5-3-15)35-23(26)27/h2-7,11,14,17,23,28H,8-10,12-13H2,1H3/t14-,17+/m0/s1. The second-order valence-electron chi connectivity index (χ2n) is 8.50. The monoisotopic (exact) mass is 503 g/mol. The van der Waals surface area contributed by atoms with Crippen LogP contribution in [0.2, 0.25) is 0 Å². The van der Waals surface area contributed by atoms with Crippen LogP contribution in [0.4, 0.5) is 29.3 Å². The van der Waals surface area contributed by atoms with Crippen LogP contribution in [0.3, 0.4) is 0 Å². The van der Waals surface area contributed by atoms with Crippen molar-refractivity contribution >= 4 is 28.5 Å². The fraction of sp³-hybridized carbons (Fsp3) is 0.375. The summed E-state index contributed by atoms with van der Waals surface area (Å²) in [6, 6.07) is 9.29. The molecule has 1 amide bonds. The van der Waals surface area contributed by atoms with E-state index in [-0.39, 0.29) is 11.8 Å². The van der Waals surface area contributed by atoms with Crippen molar-refractivity contribution in [2.75, 3.05) is 43.1 Å². The molecular formula is C24H24F3N5O4. The third-order valence-electron chi connectivity index (χ3n) is 6.21. The molecule has 0 spiro atoms. The maximum Gasteiger partial charge on any atom is 0.414 e. The van der Waals surface area contributed by atoms with Gasteiger partial charge in [0.2, 0.25) is 5.88 Å². The molecule has 0 saturated carbocycles. The van der Waals surface area contributed by atoms with Crippen LogP contribution in [0.15, 0.2) is 42.6 Å². The number of ether oxygens (including phenoxy) is 3. The summed E-state index contributed by atoms with van der Waals surface area (Å²) in [6.07, 6.45) is 1.06. The Morgan fingerprint density at radius 1 is 1.19 bits per heavy atom. The van der Waals surface area contributed by atoms with Crippen LogP contribution >= 0.6 is 0 Å². The number of pyridine rings is 2. The number of aromatic nitrogens is 2. The fourth-order valence-corrected chi connectivity index (χ4v) is 4.50. The highest BCUT2D eigenvalue weighted by molar-refractivity contribution is 5.90. The number of cyclic esters (lactones) is 1. The van der Waals surface area contributed by atoms with Crippen LogP contribution in [0, 0.1) is 5.82 Å². The first kappa shape index (κ1) is 23.9. The molecule has 2 atom stereocenters. The number of carbonyl (C=O) groups is 1. The Hall–Kier alpha value is -3.80. The summed E-state index contributed by atoms with van der Waals surface area (Å²) in [4.78, 5) is 24.2. The van der Waals surface area contributed by atoms with Crippen molar-refractivity contribution in [2.45, 2.75) is 25.2 Å². The summed E-state index contributed by atoms with van der Waals surface area (Å²) in [6.45, 7) is -1.02. The molecule has 0 aliphatic carbocycles. The van der Waals surface area contributed by atoms with Gasteiger partial charge in [-0.3, -0.25) is 9.88 Å². The van der Waals surface area contributed by atoms with Crippen LogP contribution in [0.25, 0.3) is 11.0 Å². The van der Waals surface area contributed by atoms with Gasteiger partial charge in [-0.25, -0.2) is 14.2 Å². The van der Waals surface area contributed by atoms with Gasteiger partial charge < -0.3 is 24.4 Å². The minimum atomic E-state index is -2.91. The van der Waals surface area contributed by atoms with Crippen molar-refractivity contribution in [1.29, 1.82) is 0 Å². The first-order valence-corrected chi connectivity index (χ1v) is 11.4. The summed E-state index contributed by atoms with van der Waals surface area (Å²) >= 11 is 0. The number of hydrogen-bond acceptors (Lipinski definition) is 8. The average molecular weight is 503 g/mol. The molecule has 4 heterocycles. The van der Waals surface area contributed by atoms with Crippen molar-refractivity contribution < 1.29 is 32.2 Å². The molecule has 1 N–H and O–H groups in total. The molecule has 36 heavy (non-hydrogen) atoms. The second-order valence-corrected chi connectivity index (χ2v) is 8.50. The van der Waals surface area contributed by atoms with E-state index in [1.807, 2.05) is 4.90 Å². The van der Waals surface area contributed by atoms with Crippen LogP contribution in [-0.4, -0.2) is 68.1 Å². The molecule has 3 aromatic rings. The molecule has 9 nitrogen and oxygen atoms in total. The van der Waals surface area contributed by atoms with E-state index in [4.69, 9.17) is 9.47 Å². The zero-order valence-corrected chi connectivity index (χ0v) is 19.4. The van der Waals surface area contributed by atoms with E-state index in [1.165, 1.54) is 42.5 Å². The molecule has 0 radical (unpaired) electrons. The molecule has 12 heteroatoms. The van der Waals surface area contributed by atoms with Crippen LogP contribution < -0.4 is 24.6 Å². The molecular weight excluding hydrogens is 479 g/mol. The van der Waals surface area contributed by atoms with E-state index in [0.29, 0.717) is 54.5 Å². The molecule has 1 aromatic carbocycles. The Labute approximate surface area is 204 Å². The molecule has 2 aromatic heterocycles. The highest BCUT2D eigenvalue weighted by atomic mass is 19.3. The fourth-order valence-electron chi connectivity index (χ4n) is 4.50. The number of benzene rings is 1. The summed E-state index contributed by atoms with van der Waals surface area (Å²) < 4.78 is 54.5. The van der Waals surface area contributed by atoms with Gasteiger partial charge in [-0.1, -0.05) is 0 Å². The SMILES string of the molecule is COc1ccc2ncc(F)c(N3CC[C@H](NC[C@@H]4CN(c5ccc(OC(F)F)cc5)C(=O)O4)C3)c2n1.